The third-order valence-electron chi connectivity index (χ3n) is 2.27. The first-order valence-corrected chi connectivity index (χ1v) is 6.12. The fourth-order valence-electron chi connectivity index (χ4n) is 1.37. The molecule has 5 heteroatoms. The number of hydrogen-bond donors (Lipinski definition) is 2. The maximum absolute atomic E-state index is 11.4. The molecular weight excluding hydrogens is 222 g/mol. The number of ether oxygens (including phenoxy) is 1. The number of rotatable bonds is 10. The lowest BCUT2D eigenvalue weighted by Crippen LogP contribution is -2.29. The molecule has 0 aromatic carbocycles. The molecule has 100 valence electrons. The Hall–Kier alpha value is -1.10. The van der Waals surface area contributed by atoms with Gasteiger partial charge < -0.3 is 15.2 Å². The van der Waals surface area contributed by atoms with Crippen LogP contribution in [-0.4, -0.2) is 36.7 Å². The molecule has 1 atom stereocenters. The summed E-state index contributed by atoms with van der Waals surface area (Å²) in [5.41, 5.74) is 0. The Balaban J connectivity index is 3.43. The fourth-order valence-corrected chi connectivity index (χ4v) is 1.37. The molecule has 2 N–H and O–H groups in total. The number of carbonyl (C=O) groups is 2. The van der Waals surface area contributed by atoms with E-state index in [-0.39, 0.29) is 24.7 Å². The molecule has 1 amide bonds. The Morgan fingerprint density at radius 2 is 2.00 bits per heavy atom. The third-order valence-corrected chi connectivity index (χ3v) is 2.27. The molecule has 0 saturated carbocycles. The maximum Gasteiger partial charge on any atom is 0.303 e. The Bertz CT molecular complexity index is 231. The van der Waals surface area contributed by atoms with Gasteiger partial charge in [-0.05, 0) is 12.3 Å². The van der Waals surface area contributed by atoms with Crippen LogP contribution in [0.25, 0.3) is 0 Å². The quantitative estimate of drug-likeness (QED) is 0.571. The summed E-state index contributed by atoms with van der Waals surface area (Å²) in [7, 11) is 0. The van der Waals surface area contributed by atoms with Gasteiger partial charge in [0.25, 0.3) is 0 Å². The summed E-state index contributed by atoms with van der Waals surface area (Å²) < 4.78 is 5.29. The molecule has 0 aliphatic rings. The Kier molecular flexibility index (Phi) is 9.43. The molecule has 0 heterocycles. The van der Waals surface area contributed by atoms with E-state index in [0.29, 0.717) is 13.2 Å². The molecule has 0 aromatic heterocycles. The molecule has 17 heavy (non-hydrogen) atoms. The van der Waals surface area contributed by atoms with Crippen molar-refractivity contribution in [2.75, 3.05) is 19.8 Å². The predicted molar refractivity (Wildman–Crippen MR) is 64.8 cm³/mol. The Morgan fingerprint density at radius 3 is 2.59 bits per heavy atom. The highest BCUT2D eigenvalue weighted by Gasteiger charge is 2.11. The normalized spacial score (nSPS) is 12.1. The fraction of sp³-hybridized carbons (Fsp3) is 0.833. The van der Waals surface area contributed by atoms with Crippen LogP contribution in [0.5, 0.6) is 0 Å². The zero-order chi connectivity index (χ0) is 13.1. The number of hydrogen-bond acceptors (Lipinski definition) is 3. The van der Waals surface area contributed by atoms with E-state index in [4.69, 9.17) is 9.84 Å². The maximum atomic E-state index is 11.4. The van der Waals surface area contributed by atoms with Crippen LogP contribution < -0.4 is 5.32 Å². The molecule has 0 rings (SSSR count). The van der Waals surface area contributed by atoms with Gasteiger partial charge in [-0.25, -0.2) is 0 Å². The van der Waals surface area contributed by atoms with E-state index in [0.717, 1.165) is 19.4 Å². The highest BCUT2D eigenvalue weighted by molar-refractivity contribution is 5.77. The first-order chi connectivity index (χ1) is 8.06. The lowest BCUT2D eigenvalue weighted by molar-refractivity contribution is -0.138. The molecule has 0 aliphatic heterocycles. The Morgan fingerprint density at radius 1 is 1.29 bits per heavy atom. The topological polar surface area (TPSA) is 75.6 Å². The lowest BCUT2D eigenvalue weighted by Gasteiger charge is -2.09. The second-order valence-corrected chi connectivity index (χ2v) is 4.22. The molecule has 0 aliphatic carbocycles. The van der Waals surface area contributed by atoms with E-state index < -0.39 is 5.97 Å². The molecule has 0 aromatic rings. The zero-order valence-corrected chi connectivity index (χ0v) is 10.7. The van der Waals surface area contributed by atoms with Crippen LogP contribution in [-0.2, 0) is 14.3 Å². The van der Waals surface area contributed by atoms with Crippen LogP contribution in [0.3, 0.4) is 0 Å². The summed E-state index contributed by atoms with van der Waals surface area (Å²) >= 11 is 0. The highest BCUT2D eigenvalue weighted by atomic mass is 16.5. The number of carbonyl (C=O) groups excluding carboxylic acids is 1. The van der Waals surface area contributed by atoms with Gasteiger partial charge >= 0.3 is 5.97 Å². The van der Waals surface area contributed by atoms with Gasteiger partial charge in [0, 0.05) is 26.0 Å². The minimum Gasteiger partial charge on any atom is -0.481 e. The highest BCUT2D eigenvalue weighted by Crippen LogP contribution is 2.06. The average Bonchev–Trinajstić information content (AvgIpc) is 2.21. The zero-order valence-electron chi connectivity index (χ0n) is 10.7. The number of unbranched alkanes of at least 4 members (excludes halogenated alkanes) is 1. The molecule has 0 radical (unpaired) electrons. The van der Waals surface area contributed by atoms with Crippen molar-refractivity contribution in [3.63, 3.8) is 0 Å². The Labute approximate surface area is 103 Å². The minimum absolute atomic E-state index is 0.0282. The van der Waals surface area contributed by atoms with E-state index in [2.05, 4.69) is 12.2 Å². The molecule has 0 bridgehead atoms. The lowest BCUT2D eigenvalue weighted by atomic mass is 10.0. The van der Waals surface area contributed by atoms with Crippen LogP contribution >= 0.6 is 0 Å². The van der Waals surface area contributed by atoms with Crippen molar-refractivity contribution in [3.8, 4) is 0 Å². The SMILES string of the molecule is CCCCOCCNC(=O)CC(C)CC(=O)O. The largest absolute Gasteiger partial charge is 0.481 e. The summed E-state index contributed by atoms with van der Waals surface area (Å²) in [6, 6.07) is 0. The molecule has 0 fully saturated rings. The van der Waals surface area contributed by atoms with Crippen LogP contribution in [0.15, 0.2) is 0 Å². The van der Waals surface area contributed by atoms with Gasteiger partial charge in [-0.15, -0.1) is 0 Å². The molecule has 5 nitrogen and oxygen atoms in total. The van der Waals surface area contributed by atoms with Gasteiger partial charge in [0.15, 0.2) is 0 Å². The third kappa shape index (κ3) is 11.2. The smallest absolute Gasteiger partial charge is 0.303 e. The molecule has 0 saturated heterocycles. The summed E-state index contributed by atoms with van der Waals surface area (Å²) in [6.07, 6.45) is 2.41. The van der Waals surface area contributed by atoms with Gasteiger partial charge in [0.2, 0.25) is 5.91 Å². The minimum atomic E-state index is -0.867. The molecule has 0 spiro atoms. The van der Waals surface area contributed by atoms with Gasteiger partial charge in [-0.1, -0.05) is 20.3 Å². The van der Waals surface area contributed by atoms with E-state index in [9.17, 15) is 9.59 Å². The first-order valence-electron chi connectivity index (χ1n) is 6.12. The van der Waals surface area contributed by atoms with Gasteiger partial charge in [0.05, 0.1) is 6.61 Å². The van der Waals surface area contributed by atoms with Gasteiger partial charge in [-0.2, -0.15) is 0 Å². The van der Waals surface area contributed by atoms with Crippen LogP contribution in [0, 0.1) is 5.92 Å². The van der Waals surface area contributed by atoms with Gasteiger partial charge in [-0.3, -0.25) is 9.59 Å². The van der Waals surface area contributed by atoms with Crippen molar-refractivity contribution < 1.29 is 19.4 Å². The summed E-state index contributed by atoms with van der Waals surface area (Å²) in [6.45, 7) is 5.57. The van der Waals surface area contributed by atoms with E-state index in [1.807, 2.05) is 0 Å². The van der Waals surface area contributed by atoms with Crippen LogP contribution in [0.1, 0.15) is 39.5 Å². The number of carboxylic acids is 1. The second kappa shape index (κ2) is 10.1. The van der Waals surface area contributed by atoms with E-state index in [1.54, 1.807) is 6.92 Å². The van der Waals surface area contributed by atoms with Crippen molar-refractivity contribution in [2.45, 2.75) is 39.5 Å². The monoisotopic (exact) mass is 245 g/mol. The van der Waals surface area contributed by atoms with Crippen LogP contribution in [0.4, 0.5) is 0 Å². The van der Waals surface area contributed by atoms with Crippen molar-refractivity contribution in [3.05, 3.63) is 0 Å². The number of nitrogens with one attached hydrogen (secondary N) is 1. The number of aliphatic carboxylic acids is 1. The second-order valence-electron chi connectivity index (χ2n) is 4.22. The summed E-state index contributed by atoms with van der Waals surface area (Å²) in [5.74, 6) is -1.11. The van der Waals surface area contributed by atoms with E-state index in [1.165, 1.54) is 0 Å². The standard InChI is InChI=1S/C12H23NO4/c1-3-4-6-17-7-5-13-11(14)8-10(2)9-12(15)16/h10H,3-9H2,1-2H3,(H,13,14)(H,15,16). The van der Waals surface area contributed by atoms with Crippen molar-refractivity contribution >= 4 is 11.9 Å². The van der Waals surface area contributed by atoms with Crippen molar-refractivity contribution in [2.24, 2.45) is 5.92 Å². The van der Waals surface area contributed by atoms with Crippen molar-refractivity contribution in [1.29, 1.82) is 0 Å². The summed E-state index contributed by atoms with van der Waals surface area (Å²) in [4.78, 5) is 21.8. The number of amides is 1. The van der Waals surface area contributed by atoms with Crippen LogP contribution in [0.2, 0.25) is 0 Å². The summed E-state index contributed by atoms with van der Waals surface area (Å²) in [5, 5.41) is 11.2. The van der Waals surface area contributed by atoms with Crippen molar-refractivity contribution in [1.82, 2.24) is 5.32 Å². The number of carboxylic acid groups (broad SMARTS) is 1. The molecule has 1 unspecified atom stereocenters. The molecular formula is C12H23NO4. The van der Waals surface area contributed by atoms with E-state index >= 15 is 0 Å². The average molecular weight is 245 g/mol. The van der Waals surface area contributed by atoms with Gasteiger partial charge in [0.1, 0.15) is 0 Å². The first kappa shape index (κ1) is 15.9. The predicted octanol–water partition coefficient (Wildman–Crippen LogP) is 1.42.